The van der Waals surface area contributed by atoms with Crippen LogP contribution in [0.5, 0.6) is 0 Å². The molecule has 6 nitrogen and oxygen atoms in total. The summed E-state index contributed by atoms with van der Waals surface area (Å²) in [6.07, 6.45) is 2.08. The molecule has 1 amide bonds. The first-order valence-electron chi connectivity index (χ1n) is 5.96. The highest BCUT2D eigenvalue weighted by Gasteiger charge is 2.29. The van der Waals surface area contributed by atoms with Gasteiger partial charge in [-0.05, 0) is 30.9 Å². The molecule has 1 unspecified atom stereocenters. The van der Waals surface area contributed by atoms with Gasteiger partial charge in [0.05, 0.1) is 4.92 Å². The highest BCUT2D eigenvalue weighted by atomic mass is 19.1. The van der Waals surface area contributed by atoms with E-state index in [-0.39, 0.29) is 18.2 Å². The number of nitro groups is 1. The minimum atomic E-state index is -0.713. The zero-order valence-electron chi connectivity index (χ0n) is 10.1. The number of hydrogen-bond acceptors (Lipinski definition) is 4. The van der Waals surface area contributed by atoms with Crippen LogP contribution in [0.4, 0.5) is 10.1 Å². The van der Waals surface area contributed by atoms with Crippen LogP contribution in [-0.4, -0.2) is 23.4 Å². The van der Waals surface area contributed by atoms with Crippen molar-refractivity contribution in [1.29, 1.82) is 0 Å². The number of nitro benzene ring substituents is 1. The molecular formula is C12H14FN3O3. The first-order chi connectivity index (χ1) is 8.99. The standard InChI is InChI=1S/C12H14FN3O3/c13-8-3-4-11(16(18)19)9(5-8)12(17)15-6-10(14)7-1-2-7/h3-5,7,10H,1-2,6,14H2,(H,15,17). The molecule has 1 saturated carbocycles. The Hall–Kier alpha value is -2.02. The molecule has 0 spiro atoms. The monoisotopic (exact) mass is 267 g/mol. The van der Waals surface area contributed by atoms with E-state index < -0.39 is 22.3 Å². The van der Waals surface area contributed by atoms with E-state index in [1.807, 2.05) is 0 Å². The maximum absolute atomic E-state index is 13.1. The normalized spacial score (nSPS) is 15.9. The van der Waals surface area contributed by atoms with E-state index in [4.69, 9.17) is 5.73 Å². The van der Waals surface area contributed by atoms with E-state index >= 15 is 0 Å². The molecule has 1 aliphatic rings. The van der Waals surface area contributed by atoms with Crippen LogP contribution in [0, 0.1) is 21.8 Å². The lowest BCUT2D eigenvalue weighted by atomic mass is 10.1. The highest BCUT2D eigenvalue weighted by molar-refractivity contribution is 5.98. The molecule has 1 aliphatic carbocycles. The average Bonchev–Trinajstić information content (AvgIpc) is 3.19. The van der Waals surface area contributed by atoms with Crippen molar-refractivity contribution >= 4 is 11.6 Å². The Morgan fingerprint density at radius 1 is 1.58 bits per heavy atom. The molecule has 0 bridgehead atoms. The van der Waals surface area contributed by atoms with Crippen molar-refractivity contribution in [1.82, 2.24) is 5.32 Å². The number of amides is 1. The third-order valence-corrected chi connectivity index (χ3v) is 3.13. The van der Waals surface area contributed by atoms with Crippen LogP contribution in [0.15, 0.2) is 18.2 Å². The van der Waals surface area contributed by atoms with E-state index in [0.29, 0.717) is 5.92 Å². The molecule has 2 rings (SSSR count). The lowest BCUT2D eigenvalue weighted by Gasteiger charge is -2.11. The fourth-order valence-corrected chi connectivity index (χ4v) is 1.85. The van der Waals surface area contributed by atoms with Crippen LogP contribution in [0.2, 0.25) is 0 Å². The second kappa shape index (κ2) is 5.31. The molecule has 0 saturated heterocycles. The molecule has 3 N–H and O–H groups in total. The number of carbonyl (C=O) groups excluding carboxylic acids is 1. The van der Waals surface area contributed by atoms with Gasteiger partial charge in [-0.3, -0.25) is 14.9 Å². The number of rotatable bonds is 5. The summed E-state index contributed by atoms with van der Waals surface area (Å²) >= 11 is 0. The van der Waals surface area contributed by atoms with Crippen molar-refractivity contribution in [3.8, 4) is 0 Å². The van der Waals surface area contributed by atoms with Gasteiger partial charge in [0.25, 0.3) is 11.6 Å². The Morgan fingerprint density at radius 3 is 2.84 bits per heavy atom. The zero-order chi connectivity index (χ0) is 14.0. The van der Waals surface area contributed by atoms with Gasteiger partial charge in [-0.25, -0.2) is 4.39 Å². The van der Waals surface area contributed by atoms with Gasteiger partial charge in [-0.2, -0.15) is 0 Å². The Morgan fingerprint density at radius 2 is 2.26 bits per heavy atom. The summed E-state index contributed by atoms with van der Waals surface area (Å²) in [7, 11) is 0. The first-order valence-corrected chi connectivity index (χ1v) is 5.96. The Bertz CT molecular complexity index is 517. The van der Waals surface area contributed by atoms with Gasteiger partial charge in [0.1, 0.15) is 11.4 Å². The van der Waals surface area contributed by atoms with E-state index in [9.17, 15) is 19.3 Å². The van der Waals surface area contributed by atoms with E-state index in [1.165, 1.54) is 0 Å². The molecule has 1 fully saturated rings. The highest BCUT2D eigenvalue weighted by Crippen LogP contribution is 2.31. The smallest absolute Gasteiger partial charge is 0.282 e. The van der Waals surface area contributed by atoms with Crippen molar-refractivity contribution in [3.63, 3.8) is 0 Å². The number of nitrogens with two attached hydrogens (primary N) is 1. The molecule has 0 radical (unpaired) electrons. The summed E-state index contributed by atoms with van der Waals surface area (Å²) in [5, 5.41) is 13.3. The van der Waals surface area contributed by atoms with Crippen molar-refractivity contribution in [3.05, 3.63) is 39.7 Å². The number of halogens is 1. The van der Waals surface area contributed by atoms with Crippen LogP contribution in [0.1, 0.15) is 23.2 Å². The quantitative estimate of drug-likeness (QED) is 0.618. The fourth-order valence-electron chi connectivity index (χ4n) is 1.85. The maximum Gasteiger partial charge on any atom is 0.282 e. The third kappa shape index (κ3) is 3.25. The molecular weight excluding hydrogens is 253 g/mol. The lowest BCUT2D eigenvalue weighted by molar-refractivity contribution is -0.385. The largest absolute Gasteiger partial charge is 0.350 e. The molecule has 0 aromatic heterocycles. The summed E-state index contributed by atoms with van der Waals surface area (Å²) in [5.74, 6) is -0.965. The summed E-state index contributed by atoms with van der Waals surface area (Å²) in [5.41, 5.74) is 5.11. The molecule has 7 heteroatoms. The van der Waals surface area contributed by atoms with Gasteiger partial charge in [0.2, 0.25) is 0 Å². The molecule has 1 aromatic carbocycles. The number of hydrogen-bond donors (Lipinski definition) is 2. The van der Waals surface area contributed by atoms with Crippen LogP contribution in [-0.2, 0) is 0 Å². The lowest BCUT2D eigenvalue weighted by Crippen LogP contribution is -2.38. The molecule has 19 heavy (non-hydrogen) atoms. The van der Waals surface area contributed by atoms with Gasteiger partial charge < -0.3 is 11.1 Å². The number of nitrogens with one attached hydrogen (secondary N) is 1. The van der Waals surface area contributed by atoms with Crippen molar-refractivity contribution in [2.24, 2.45) is 11.7 Å². The molecule has 1 aromatic rings. The van der Waals surface area contributed by atoms with Crippen molar-refractivity contribution < 1.29 is 14.1 Å². The zero-order valence-corrected chi connectivity index (χ0v) is 10.1. The van der Waals surface area contributed by atoms with Crippen LogP contribution in [0.25, 0.3) is 0 Å². The van der Waals surface area contributed by atoms with E-state index in [0.717, 1.165) is 31.0 Å². The van der Waals surface area contributed by atoms with E-state index in [1.54, 1.807) is 0 Å². The third-order valence-electron chi connectivity index (χ3n) is 3.13. The molecule has 0 aliphatic heterocycles. The van der Waals surface area contributed by atoms with Gasteiger partial charge in [-0.15, -0.1) is 0 Å². The molecule has 102 valence electrons. The fraction of sp³-hybridized carbons (Fsp3) is 0.417. The average molecular weight is 267 g/mol. The van der Waals surface area contributed by atoms with Gasteiger partial charge in [-0.1, -0.05) is 0 Å². The van der Waals surface area contributed by atoms with Crippen LogP contribution in [0.3, 0.4) is 0 Å². The minimum absolute atomic E-state index is 0.156. The second-order valence-corrected chi connectivity index (χ2v) is 4.63. The Kier molecular flexibility index (Phi) is 3.75. The number of benzene rings is 1. The van der Waals surface area contributed by atoms with Gasteiger partial charge in [0, 0.05) is 18.7 Å². The predicted octanol–water partition coefficient (Wildman–Crippen LogP) is 1.20. The molecule has 1 atom stereocenters. The minimum Gasteiger partial charge on any atom is -0.350 e. The van der Waals surface area contributed by atoms with Crippen molar-refractivity contribution in [2.45, 2.75) is 18.9 Å². The second-order valence-electron chi connectivity index (χ2n) is 4.63. The predicted molar refractivity (Wildman–Crippen MR) is 66.1 cm³/mol. The Labute approximate surface area is 108 Å². The van der Waals surface area contributed by atoms with Gasteiger partial charge in [0.15, 0.2) is 0 Å². The number of carbonyl (C=O) groups is 1. The number of nitrogens with zero attached hydrogens (tertiary/aromatic N) is 1. The summed E-state index contributed by atoms with van der Waals surface area (Å²) in [6, 6.07) is 2.63. The van der Waals surface area contributed by atoms with Gasteiger partial charge >= 0.3 is 0 Å². The van der Waals surface area contributed by atoms with E-state index in [2.05, 4.69) is 5.32 Å². The summed E-state index contributed by atoms with van der Waals surface area (Å²) in [4.78, 5) is 21.9. The van der Waals surface area contributed by atoms with Crippen molar-refractivity contribution in [2.75, 3.05) is 6.54 Å². The Balaban J connectivity index is 2.08. The van der Waals surface area contributed by atoms with Crippen LogP contribution < -0.4 is 11.1 Å². The topological polar surface area (TPSA) is 98.3 Å². The van der Waals surface area contributed by atoms with Crippen LogP contribution >= 0.6 is 0 Å². The summed E-state index contributed by atoms with van der Waals surface area (Å²) in [6.45, 7) is 0.233. The maximum atomic E-state index is 13.1. The summed E-state index contributed by atoms with van der Waals surface area (Å²) < 4.78 is 13.1. The SMILES string of the molecule is NC(CNC(=O)c1cc(F)ccc1[N+](=O)[O-])C1CC1. The molecule has 0 heterocycles. The first kappa shape index (κ1) is 13.4.